The zero-order valence-corrected chi connectivity index (χ0v) is 14.1. The molecule has 7 heteroatoms. The van der Waals surface area contributed by atoms with Gasteiger partial charge in [0.05, 0.1) is 18.5 Å². The molecule has 1 saturated heterocycles. The highest BCUT2D eigenvalue weighted by Crippen LogP contribution is 2.24. The quantitative estimate of drug-likeness (QED) is 0.710. The van der Waals surface area contributed by atoms with Crippen molar-refractivity contribution < 1.29 is 13.9 Å². The minimum absolute atomic E-state index is 0.0135. The second kappa shape index (κ2) is 6.00. The van der Waals surface area contributed by atoms with E-state index in [1.54, 1.807) is 11.0 Å². The smallest absolute Gasteiger partial charge is 0.297 e. The van der Waals surface area contributed by atoms with Crippen LogP contribution < -0.4 is 5.56 Å². The molecule has 0 bridgehead atoms. The zero-order chi connectivity index (χ0) is 17.6. The van der Waals surface area contributed by atoms with E-state index in [2.05, 4.69) is 4.98 Å². The summed E-state index contributed by atoms with van der Waals surface area (Å²) in [6.45, 7) is 4.86. The lowest BCUT2D eigenvalue weighted by molar-refractivity contribution is -0.143. The van der Waals surface area contributed by atoms with Crippen LogP contribution in [0.1, 0.15) is 13.8 Å². The molecule has 3 aromatic rings. The van der Waals surface area contributed by atoms with Crippen LogP contribution in [0.3, 0.4) is 0 Å². The van der Waals surface area contributed by atoms with Gasteiger partial charge in [0, 0.05) is 18.5 Å². The summed E-state index contributed by atoms with van der Waals surface area (Å²) in [4.78, 5) is 31.3. The number of carbonyl (C=O) groups is 1. The van der Waals surface area contributed by atoms with E-state index in [1.165, 1.54) is 10.9 Å². The van der Waals surface area contributed by atoms with Crippen LogP contribution in [0.15, 0.2) is 39.8 Å². The fraction of sp³-hybridized carbons (Fsp3) is 0.389. The van der Waals surface area contributed by atoms with Gasteiger partial charge in [-0.25, -0.2) is 4.98 Å². The third-order valence-electron chi connectivity index (χ3n) is 4.43. The maximum atomic E-state index is 12.7. The van der Waals surface area contributed by atoms with Crippen molar-refractivity contribution in [2.75, 3.05) is 13.1 Å². The van der Waals surface area contributed by atoms with Crippen molar-refractivity contribution in [3.05, 3.63) is 40.9 Å². The number of amides is 1. The number of furan rings is 1. The Morgan fingerprint density at radius 1 is 1.24 bits per heavy atom. The van der Waals surface area contributed by atoms with Crippen LogP contribution in [0.5, 0.6) is 0 Å². The largest absolute Gasteiger partial charge is 0.448 e. The topological polar surface area (TPSA) is 77.6 Å². The van der Waals surface area contributed by atoms with Gasteiger partial charge in [-0.1, -0.05) is 12.1 Å². The van der Waals surface area contributed by atoms with E-state index in [4.69, 9.17) is 9.15 Å². The van der Waals surface area contributed by atoms with E-state index in [0.29, 0.717) is 24.2 Å². The molecule has 3 heterocycles. The summed E-state index contributed by atoms with van der Waals surface area (Å²) >= 11 is 0. The van der Waals surface area contributed by atoms with Crippen LogP contribution in [-0.4, -0.2) is 45.7 Å². The van der Waals surface area contributed by atoms with Crippen molar-refractivity contribution in [3.8, 4) is 0 Å². The van der Waals surface area contributed by atoms with Gasteiger partial charge in [0.25, 0.3) is 5.56 Å². The Morgan fingerprint density at radius 2 is 1.96 bits per heavy atom. The molecule has 130 valence electrons. The SMILES string of the molecule is C[C@@H]1CN(C(=O)Cn2cnc3c(oc4ccccc43)c2=O)C[C@@H](C)O1. The van der Waals surface area contributed by atoms with E-state index in [-0.39, 0.29) is 35.8 Å². The molecule has 1 fully saturated rings. The van der Waals surface area contributed by atoms with Gasteiger partial charge in [0.15, 0.2) is 0 Å². The molecule has 1 aromatic carbocycles. The summed E-state index contributed by atoms with van der Waals surface area (Å²) in [7, 11) is 0. The van der Waals surface area contributed by atoms with Crippen LogP contribution in [0.25, 0.3) is 22.1 Å². The number of fused-ring (bicyclic) bond motifs is 3. The molecule has 7 nitrogen and oxygen atoms in total. The number of hydrogen-bond acceptors (Lipinski definition) is 5. The molecular weight excluding hydrogens is 322 g/mol. The molecule has 1 aliphatic rings. The minimum atomic E-state index is -0.344. The first kappa shape index (κ1) is 15.8. The van der Waals surface area contributed by atoms with Crippen LogP contribution in [0, 0.1) is 0 Å². The number of aromatic nitrogens is 2. The van der Waals surface area contributed by atoms with Gasteiger partial charge < -0.3 is 14.1 Å². The Balaban J connectivity index is 1.65. The van der Waals surface area contributed by atoms with E-state index in [0.717, 1.165) is 5.39 Å². The van der Waals surface area contributed by atoms with Crippen LogP contribution in [0.2, 0.25) is 0 Å². The molecule has 0 saturated carbocycles. The van der Waals surface area contributed by atoms with Crippen molar-refractivity contribution in [1.29, 1.82) is 0 Å². The number of hydrogen-bond donors (Lipinski definition) is 0. The summed E-state index contributed by atoms with van der Waals surface area (Å²) in [6, 6.07) is 7.37. The molecule has 2 atom stereocenters. The monoisotopic (exact) mass is 341 g/mol. The molecule has 0 unspecified atom stereocenters. The van der Waals surface area contributed by atoms with Crippen LogP contribution in [-0.2, 0) is 16.1 Å². The summed E-state index contributed by atoms with van der Waals surface area (Å²) in [5.41, 5.74) is 0.976. The number of morpholine rings is 1. The lowest BCUT2D eigenvalue weighted by atomic mass is 10.2. The Bertz CT molecular complexity index is 996. The molecule has 0 radical (unpaired) electrons. The second-order valence-electron chi connectivity index (χ2n) is 6.51. The molecule has 1 aliphatic heterocycles. The molecule has 4 rings (SSSR count). The second-order valence-corrected chi connectivity index (χ2v) is 6.51. The average Bonchev–Trinajstić information content (AvgIpc) is 2.96. The fourth-order valence-corrected chi connectivity index (χ4v) is 3.36. The molecule has 25 heavy (non-hydrogen) atoms. The van der Waals surface area contributed by atoms with Crippen molar-refractivity contribution >= 4 is 28.0 Å². The molecule has 0 aliphatic carbocycles. The predicted molar refractivity (Wildman–Crippen MR) is 92.4 cm³/mol. The van der Waals surface area contributed by atoms with E-state index in [9.17, 15) is 9.59 Å². The normalized spacial score (nSPS) is 21.1. The third-order valence-corrected chi connectivity index (χ3v) is 4.43. The summed E-state index contributed by atoms with van der Waals surface area (Å²) < 4.78 is 12.6. The average molecular weight is 341 g/mol. The third kappa shape index (κ3) is 2.80. The first-order chi connectivity index (χ1) is 12.0. The summed E-state index contributed by atoms with van der Waals surface area (Å²) in [5.74, 6) is -0.124. The van der Waals surface area contributed by atoms with Gasteiger partial charge in [-0.2, -0.15) is 0 Å². The van der Waals surface area contributed by atoms with Crippen molar-refractivity contribution in [1.82, 2.24) is 14.5 Å². The maximum Gasteiger partial charge on any atom is 0.297 e. The highest BCUT2D eigenvalue weighted by Gasteiger charge is 2.26. The van der Waals surface area contributed by atoms with E-state index >= 15 is 0 Å². The van der Waals surface area contributed by atoms with Crippen LogP contribution in [0.4, 0.5) is 0 Å². The first-order valence-electron chi connectivity index (χ1n) is 8.33. The highest BCUT2D eigenvalue weighted by molar-refractivity contribution is 6.01. The van der Waals surface area contributed by atoms with Gasteiger partial charge in [-0.3, -0.25) is 14.2 Å². The van der Waals surface area contributed by atoms with Crippen molar-refractivity contribution in [2.24, 2.45) is 0 Å². The van der Waals surface area contributed by atoms with E-state index in [1.807, 2.05) is 32.0 Å². The Kier molecular flexibility index (Phi) is 3.80. The number of benzene rings is 1. The minimum Gasteiger partial charge on any atom is -0.448 e. The number of ether oxygens (including phenoxy) is 1. The number of nitrogens with zero attached hydrogens (tertiary/aromatic N) is 3. The first-order valence-corrected chi connectivity index (χ1v) is 8.33. The van der Waals surface area contributed by atoms with Gasteiger partial charge in [-0.15, -0.1) is 0 Å². The molecule has 0 N–H and O–H groups in total. The van der Waals surface area contributed by atoms with Crippen molar-refractivity contribution in [2.45, 2.75) is 32.6 Å². The standard InChI is InChI=1S/C18H19N3O4/c1-11-7-20(8-12(2)24-11)15(22)9-21-10-19-16-13-5-3-4-6-14(13)25-17(16)18(21)23/h3-6,10-12H,7-9H2,1-2H3/t11-,12-/m1/s1. The molecule has 0 spiro atoms. The summed E-state index contributed by atoms with van der Waals surface area (Å²) in [6.07, 6.45) is 1.39. The molecule has 1 amide bonds. The highest BCUT2D eigenvalue weighted by atomic mass is 16.5. The lowest BCUT2D eigenvalue weighted by Gasteiger charge is -2.35. The van der Waals surface area contributed by atoms with Gasteiger partial charge in [0.2, 0.25) is 11.5 Å². The summed E-state index contributed by atoms with van der Waals surface area (Å²) in [5, 5.41) is 0.795. The number of rotatable bonds is 2. The maximum absolute atomic E-state index is 12.7. The van der Waals surface area contributed by atoms with Crippen LogP contribution >= 0.6 is 0 Å². The lowest BCUT2D eigenvalue weighted by Crippen LogP contribution is -2.49. The zero-order valence-electron chi connectivity index (χ0n) is 14.1. The fourth-order valence-electron chi connectivity index (χ4n) is 3.36. The number of para-hydroxylation sites is 1. The number of carbonyl (C=O) groups excluding carboxylic acids is 1. The van der Waals surface area contributed by atoms with Gasteiger partial charge in [0.1, 0.15) is 17.6 Å². The molecular formula is C18H19N3O4. The van der Waals surface area contributed by atoms with Gasteiger partial charge >= 0.3 is 0 Å². The molecule has 2 aromatic heterocycles. The van der Waals surface area contributed by atoms with Gasteiger partial charge in [-0.05, 0) is 26.0 Å². The Morgan fingerprint density at radius 3 is 2.72 bits per heavy atom. The van der Waals surface area contributed by atoms with Crippen molar-refractivity contribution in [3.63, 3.8) is 0 Å². The Hall–Kier alpha value is -2.67. The predicted octanol–water partition coefficient (Wildman–Crippen LogP) is 1.78. The Labute approximate surface area is 143 Å². The van der Waals surface area contributed by atoms with E-state index < -0.39 is 0 Å².